The molecule has 1 aliphatic heterocycles. The van der Waals surface area contributed by atoms with Crippen LogP contribution in [-0.4, -0.2) is 79.1 Å². The lowest BCUT2D eigenvalue weighted by atomic mass is 10.00. The van der Waals surface area contributed by atoms with Crippen LogP contribution in [0, 0.1) is 0 Å². The van der Waals surface area contributed by atoms with Crippen molar-refractivity contribution in [2.24, 2.45) is 4.99 Å². The van der Waals surface area contributed by atoms with E-state index < -0.39 is 5.60 Å². The summed E-state index contributed by atoms with van der Waals surface area (Å²) < 4.78 is 0. The van der Waals surface area contributed by atoms with Gasteiger partial charge in [-0.05, 0) is 36.2 Å². The van der Waals surface area contributed by atoms with Crippen molar-refractivity contribution in [3.63, 3.8) is 0 Å². The quantitative estimate of drug-likeness (QED) is 0.478. The van der Waals surface area contributed by atoms with E-state index in [1.165, 1.54) is 0 Å². The maximum Gasteiger partial charge on any atom is 0.219 e. The molecule has 8 heteroatoms. The first-order valence-corrected chi connectivity index (χ1v) is 10.1. The number of nitrogens with zero attached hydrogens (tertiary/aromatic N) is 3. The molecule has 0 radical (unpaired) electrons. The number of hydrogen-bond donors (Lipinski definition) is 3. The lowest BCUT2D eigenvalue weighted by Gasteiger charge is -2.34. The number of piperazine rings is 1. The van der Waals surface area contributed by atoms with Crippen molar-refractivity contribution in [2.75, 3.05) is 52.4 Å². The molecule has 2 rings (SSSR count). The Morgan fingerprint density at radius 1 is 1.35 bits per heavy atom. The highest BCUT2D eigenvalue weighted by atomic mass is 32.1. The van der Waals surface area contributed by atoms with Gasteiger partial charge in [0.2, 0.25) is 5.91 Å². The van der Waals surface area contributed by atoms with Crippen LogP contribution >= 0.6 is 11.3 Å². The van der Waals surface area contributed by atoms with Gasteiger partial charge in [0.15, 0.2) is 5.96 Å². The summed E-state index contributed by atoms with van der Waals surface area (Å²) in [6.45, 7) is 11.6. The number of guanidine groups is 1. The van der Waals surface area contributed by atoms with Crippen molar-refractivity contribution in [3.8, 4) is 0 Å². The zero-order chi connectivity index (χ0) is 19.0. The Morgan fingerprint density at radius 3 is 2.65 bits per heavy atom. The van der Waals surface area contributed by atoms with Crippen LogP contribution in [0.25, 0.3) is 0 Å². The van der Waals surface area contributed by atoms with Crippen LogP contribution in [0.4, 0.5) is 0 Å². The predicted octanol–water partition coefficient (Wildman–Crippen LogP) is 0.675. The Labute approximate surface area is 160 Å². The van der Waals surface area contributed by atoms with Gasteiger partial charge in [0.25, 0.3) is 0 Å². The third kappa shape index (κ3) is 6.26. The summed E-state index contributed by atoms with van der Waals surface area (Å²) in [7, 11) is 0. The average molecular weight is 382 g/mol. The van der Waals surface area contributed by atoms with Crippen molar-refractivity contribution < 1.29 is 9.90 Å². The molecule has 1 aromatic rings. The van der Waals surface area contributed by atoms with Gasteiger partial charge in [0, 0.05) is 52.7 Å². The van der Waals surface area contributed by atoms with E-state index >= 15 is 0 Å². The first kappa shape index (κ1) is 20.7. The molecule has 2 heterocycles. The van der Waals surface area contributed by atoms with E-state index in [1.807, 2.05) is 28.7 Å². The Morgan fingerprint density at radius 2 is 2.08 bits per heavy atom. The number of nitrogens with one attached hydrogen (secondary N) is 2. The molecule has 146 valence electrons. The lowest BCUT2D eigenvalue weighted by molar-refractivity contribution is -0.130. The third-order valence-electron chi connectivity index (χ3n) is 4.57. The van der Waals surface area contributed by atoms with Crippen LogP contribution in [0.1, 0.15) is 26.3 Å². The fourth-order valence-electron chi connectivity index (χ4n) is 2.86. The van der Waals surface area contributed by atoms with Crippen LogP contribution in [0.2, 0.25) is 0 Å². The molecule has 0 spiro atoms. The van der Waals surface area contributed by atoms with Gasteiger partial charge in [-0.25, -0.2) is 4.99 Å². The molecule has 1 amide bonds. The molecular weight excluding hydrogens is 350 g/mol. The number of aliphatic hydroxyl groups is 1. The number of rotatable bonds is 7. The maximum atomic E-state index is 11.4. The predicted molar refractivity (Wildman–Crippen MR) is 107 cm³/mol. The molecule has 1 saturated heterocycles. The molecule has 1 atom stereocenters. The number of carbonyl (C=O) groups excluding carboxylic acids is 1. The molecule has 1 aliphatic rings. The van der Waals surface area contributed by atoms with Crippen molar-refractivity contribution in [1.29, 1.82) is 0 Å². The molecule has 0 aliphatic carbocycles. The van der Waals surface area contributed by atoms with Crippen molar-refractivity contribution in [1.82, 2.24) is 20.4 Å². The third-order valence-corrected chi connectivity index (χ3v) is 5.25. The van der Waals surface area contributed by atoms with Gasteiger partial charge in [0.1, 0.15) is 5.60 Å². The van der Waals surface area contributed by atoms with Crippen LogP contribution in [-0.2, 0) is 10.4 Å². The minimum Gasteiger partial charge on any atom is -0.383 e. The molecule has 1 aromatic heterocycles. The standard InChI is InChI=1S/C18H31N5O2S/c1-4-19-17(21-14-18(3,25)16-5-12-26-13-16)20-6-7-22-8-10-23(11-9-22)15(2)24/h5,12-13,25H,4,6-11,14H2,1-3H3,(H2,19,20,21). The monoisotopic (exact) mass is 381 g/mol. The van der Waals surface area contributed by atoms with Crippen LogP contribution in [0.5, 0.6) is 0 Å². The summed E-state index contributed by atoms with van der Waals surface area (Å²) in [6, 6.07) is 1.93. The van der Waals surface area contributed by atoms with Gasteiger partial charge in [0.05, 0.1) is 6.54 Å². The summed E-state index contributed by atoms with van der Waals surface area (Å²) in [5.74, 6) is 0.868. The normalized spacial score (nSPS) is 18.5. The highest BCUT2D eigenvalue weighted by Gasteiger charge is 2.23. The maximum absolute atomic E-state index is 11.4. The minimum absolute atomic E-state index is 0.155. The molecule has 0 bridgehead atoms. The van der Waals surface area contributed by atoms with Gasteiger partial charge in [-0.15, -0.1) is 0 Å². The molecule has 0 aromatic carbocycles. The summed E-state index contributed by atoms with van der Waals surface area (Å²) in [5, 5.41) is 21.1. The van der Waals surface area contributed by atoms with Crippen molar-refractivity contribution >= 4 is 23.2 Å². The van der Waals surface area contributed by atoms with Gasteiger partial charge in [-0.3, -0.25) is 9.69 Å². The van der Waals surface area contributed by atoms with E-state index in [0.717, 1.165) is 51.4 Å². The Balaban J connectivity index is 1.78. The number of aliphatic imine (C=N–C) groups is 1. The number of carbonyl (C=O) groups is 1. The molecule has 7 nitrogen and oxygen atoms in total. The van der Waals surface area contributed by atoms with Crippen molar-refractivity contribution in [2.45, 2.75) is 26.4 Å². The Hall–Kier alpha value is -1.64. The van der Waals surface area contributed by atoms with Crippen LogP contribution in [0.3, 0.4) is 0 Å². The number of hydrogen-bond acceptors (Lipinski definition) is 5. The topological polar surface area (TPSA) is 80.2 Å². The van der Waals surface area contributed by atoms with E-state index in [4.69, 9.17) is 0 Å². The Kier molecular flexibility index (Phi) is 7.86. The molecule has 26 heavy (non-hydrogen) atoms. The fourth-order valence-corrected chi connectivity index (χ4v) is 3.64. The number of thiophene rings is 1. The van der Waals surface area contributed by atoms with Crippen LogP contribution in [0.15, 0.2) is 21.8 Å². The largest absolute Gasteiger partial charge is 0.383 e. The summed E-state index contributed by atoms with van der Waals surface area (Å²) in [6.07, 6.45) is 0. The highest BCUT2D eigenvalue weighted by Crippen LogP contribution is 2.23. The summed E-state index contributed by atoms with van der Waals surface area (Å²) in [4.78, 5) is 20.1. The number of amides is 1. The smallest absolute Gasteiger partial charge is 0.219 e. The van der Waals surface area contributed by atoms with E-state index in [-0.39, 0.29) is 5.91 Å². The first-order valence-electron chi connectivity index (χ1n) is 9.17. The summed E-state index contributed by atoms with van der Waals surface area (Å²) in [5.41, 5.74) is -0.0730. The molecular formula is C18H31N5O2S. The second-order valence-electron chi connectivity index (χ2n) is 6.76. The summed E-state index contributed by atoms with van der Waals surface area (Å²) >= 11 is 1.57. The average Bonchev–Trinajstić information content (AvgIpc) is 3.16. The molecule has 1 unspecified atom stereocenters. The first-order chi connectivity index (χ1) is 12.4. The minimum atomic E-state index is -0.967. The van der Waals surface area contributed by atoms with E-state index in [1.54, 1.807) is 25.2 Å². The zero-order valence-corrected chi connectivity index (χ0v) is 16.8. The molecule has 1 fully saturated rings. The second kappa shape index (κ2) is 9.89. The second-order valence-corrected chi connectivity index (χ2v) is 7.54. The van der Waals surface area contributed by atoms with E-state index in [0.29, 0.717) is 12.5 Å². The SMILES string of the molecule is CCNC(=NCC(C)(O)c1ccsc1)NCCN1CCN(C(C)=O)CC1. The van der Waals surface area contributed by atoms with E-state index in [9.17, 15) is 9.90 Å². The highest BCUT2D eigenvalue weighted by molar-refractivity contribution is 7.08. The van der Waals surface area contributed by atoms with E-state index in [2.05, 4.69) is 20.5 Å². The van der Waals surface area contributed by atoms with Gasteiger partial charge in [-0.2, -0.15) is 11.3 Å². The molecule has 3 N–H and O–H groups in total. The van der Waals surface area contributed by atoms with Gasteiger partial charge >= 0.3 is 0 Å². The van der Waals surface area contributed by atoms with Crippen LogP contribution < -0.4 is 10.6 Å². The van der Waals surface area contributed by atoms with Crippen molar-refractivity contribution in [3.05, 3.63) is 22.4 Å². The molecule has 0 saturated carbocycles. The Bertz CT molecular complexity index is 580. The van der Waals surface area contributed by atoms with Gasteiger partial charge < -0.3 is 20.6 Å². The van der Waals surface area contributed by atoms with Gasteiger partial charge in [-0.1, -0.05) is 0 Å². The lowest BCUT2D eigenvalue weighted by Crippen LogP contribution is -2.50. The fraction of sp³-hybridized carbons (Fsp3) is 0.667. The zero-order valence-electron chi connectivity index (χ0n) is 16.0.